The van der Waals surface area contributed by atoms with Crippen LogP contribution in [-0.4, -0.2) is 39.8 Å². The Labute approximate surface area is 181 Å². The molecule has 0 atom stereocenters. The first kappa shape index (κ1) is 19.2. The molecule has 1 aliphatic heterocycles. The summed E-state index contributed by atoms with van der Waals surface area (Å²) in [6.45, 7) is 3.65. The number of piperidine rings is 1. The fourth-order valence-corrected chi connectivity index (χ4v) is 5.37. The second kappa shape index (κ2) is 7.81. The Hall–Kier alpha value is -2.78. The second-order valence-electron chi connectivity index (χ2n) is 7.33. The molecule has 3 aromatic heterocycles. The summed E-state index contributed by atoms with van der Waals surface area (Å²) in [7, 11) is 0. The number of nitrogens with zero attached hydrogens (tertiary/aromatic N) is 4. The van der Waals surface area contributed by atoms with Crippen LogP contribution in [0.15, 0.2) is 41.8 Å². The Morgan fingerprint density at radius 2 is 1.97 bits per heavy atom. The van der Waals surface area contributed by atoms with E-state index in [2.05, 4.69) is 15.3 Å². The number of thiophene rings is 1. The van der Waals surface area contributed by atoms with Crippen molar-refractivity contribution in [3.8, 4) is 5.69 Å². The molecule has 5 rings (SSSR count). The molecule has 1 amide bonds. The maximum atomic E-state index is 13.3. The van der Waals surface area contributed by atoms with Crippen molar-refractivity contribution in [2.75, 3.05) is 18.0 Å². The number of aromatic nitrogens is 3. The van der Waals surface area contributed by atoms with Crippen molar-refractivity contribution in [1.82, 2.24) is 20.1 Å². The third-order valence-electron chi connectivity index (χ3n) is 5.29. The van der Waals surface area contributed by atoms with Gasteiger partial charge in [0.2, 0.25) is 0 Å². The van der Waals surface area contributed by atoms with Gasteiger partial charge in [-0.15, -0.1) is 11.3 Å². The Bertz CT molecular complexity index is 1170. The number of nitrogens with one attached hydrogen (secondary N) is 1. The highest BCUT2D eigenvalue weighted by Crippen LogP contribution is 2.33. The summed E-state index contributed by atoms with van der Waals surface area (Å²) in [5.74, 6) is -0.259. The lowest BCUT2D eigenvalue weighted by Gasteiger charge is -2.32. The molecule has 154 valence electrons. The maximum Gasteiger partial charge on any atom is 0.261 e. The monoisotopic (exact) mass is 441 g/mol. The third-order valence-corrected chi connectivity index (χ3v) is 7.38. The lowest BCUT2D eigenvalue weighted by atomic mass is 10.1. The summed E-state index contributed by atoms with van der Waals surface area (Å²) < 4.78 is 16.1. The van der Waals surface area contributed by atoms with E-state index in [9.17, 15) is 9.18 Å². The number of hydrogen-bond donors (Lipinski definition) is 1. The lowest BCUT2D eigenvalue weighted by molar-refractivity contribution is 0.0935. The Morgan fingerprint density at radius 3 is 2.67 bits per heavy atom. The van der Waals surface area contributed by atoms with Crippen molar-refractivity contribution in [3.63, 3.8) is 0 Å². The normalized spacial score (nSPS) is 15.1. The van der Waals surface area contributed by atoms with Crippen molar-refractivity contribution in [2.45, 2.75) is 25.8 Å². The quantitative estimate of drug-likeness (QED) is 0.510. The zero-order chi connectivity index (χ0) is 20.7. The maximum absolute atomic E-state index is 13.3. The second-order valence-corrected chi connectivity index (χ2v) is 9.26. The molecule has 0 unspecified atom stereocenters. The summed E-state index contributed by atoms with van der Waals surface area (Å²) in [5, 5.41) is 10.6. The van der Waals surface area contributed by atoms with Crippen molar-refractivity contribution in [2.24, 2.45) is 0 Å². The van der Waals surface area contributed by atoms with E-state index >= 15 is 0 Å². The number of fused-ring (bicyclic) bond motifs is 1. The standard InChI is InChI=1S/C21H20FN5OS2/c1-13-18-19(27(25-13)16-6-4-14(22)5-7-16)24-21(30-18)26-10-8-15(9-11-26)23-20(28)17-3-2-12-29-17/h2-7,12,15H,8-11H2,1H3,(H,23,28). The van der Waals surface area contributed by atoms with Crippen molar-refractivity contribution in [1.29, 1.82) is 0 Å². The van der Waals surface area contributed by atoms with E-state index in [0.29, 0.717) is 0 Å². The zero-order valence-electron chi connectivity index (χ0n) is 16.3. The molecule has 1 saturated heterocycles. The third kappa shape index (κ3) is 3.59. The Kier molecular flexibility index (Phi) is 5.00. The first-order chi connectivity index (χ1) is 14.6. The number of hydrogen-bond acceptors (Lipinski definition) is 6. The average Bonchev–Trinajstić information content (AvgIpc) is 3.48. The average molecular weight is 442 g/mol. The predicted octanol–water partition coefficient (Wildman–Crippen LogP) is 4.39. The number of anilines is 1. The fraction of sp³-hybridized carbons (Fsp3) is 0.286. The highest BCUT2D eigenvalue weighted by Gasteiger charge is 2.25. The molecule has 0 saturated carbocycles. The molecule has 0 bridgehead atoms. The topological polar surface area (TPSA) is 63.1 Å². The van der Waals surface area contributed by atoms with Crippen LogP contribution in [0.2, 0.25) is 0 Å². The van der Waals surface area contributed by atoms with Gasteiger partial charge in [0.05, 0.1) is 21.0 Å². The molecular weight excluding hydrogens is 421 g/mol. The van der Waals surface area contributed by atoms with E-state index in [1.807, 2.05) is 24.4 Å². The summed E-state index contributed by atoms with van der Waals surface area (Å²) in [5.41, 5.74) is 2.50. The largest absolute Gasteiger partial charge is 0.348 e. The van der Waals surface area contributed by atoms with Crippen LogP contribution in [0.4, 0.5) is 9.52 Å². The summed E-state index contributed by atoms with van der Waals surface area (Å²) in [6, 6.07) is 10.2. The van der Waals surface area contributed by atoms with Crippen LogP contribution in [0.1, 0.15) is 28.2 Å². The molecule has 30 heavy (non-hydrogen) atoms. The van der Waals surface area contributed by atoms with E-state index in [-0.39, 0.29) is 17.8 Å². The molecule has 0 aliphatic carbocycles. The number of rotatable bonds is 4. The van der Waals surface area contributed by atoms with Crippen LogP contribution in [0.25, 0.3) is 16.0 Å². The molecule has 0 radical (unpaired) electrons. The molecule has 1 fully saturated rings. The van der Waals surface area contributed by atoms with E-state index in [4.69, 9.17) is 4.98 Å². The Balaban J connectivity index is 1.31. The van der Waals surface area contributed by atoms with Gasteiger partial charge in [-0.1, -0.05) is 17.4 Å². The highest BCUT2D eigenvalue weighted by molar-refractivity contribution is 7.22. The van der Waals surface area contributed by atoms with Crippen LogP contribution in [0.3, 0.4) is 0 Å². The van der Waals surface area contributed by atoms with E-state index < -0.39 is 0 Å². The molecule has 9 heteroatoms. The molecular formula is C21H20FN5OS2. The van der Waals surface area contributed by atoms with Gasteiger partial charge in [-0.25, -0.2) is 9.07 Å². The summed E-state index contributed by atoms with van der Waals surface area (Å²) in [4.78, 5) is 20.2. The number of thiazole rings is 1. The van der Waals surface area contributed by atoms with E-state index in [1.54, 1.807) is 28.2 Å². The number of aryl methyl sites for hydroxylation is 1. The van der Waals surface area contributed by atoms with Gasteiger partial charge in [-0.2, -0.15) is 10.1 Å². The van der Waals surface area contributed by atoms with Gasteiger partial charge in [0.15, 0.2) is 10.8 Å². The SMILES string of the molecule is Cc1nn(-c2ccc(F)cc2)c2nc(N3CCC(NC(=O)c4cccs4)CC3)sc12. The molecule has 1 N–H and O–H groups in total. The smallest absolute Gasteiger partial charge is 0.261 e. The van der Waals surface area contributed by atoms with Crippen molar-refractivity contribution in [3.05, 3.63) is 58.2 Å². The minimum absolute atomic E-state index is 0.0125. The lowest BCUT2D eigenvalue weighted by Crippen LogP contribution is -2.44. The first-order valence-corrected chi connectivity index (χ1v) is 11.5. The fourth-order valence-electron chi connectivity index (χ4n) is 3.70. The first-order valence-electron chi connectivity index (χ1n) is 9.80. The summed E-state index contributed by atoms with van der Waals surface area (Å²) >= 11 is 3.10. The van der Waals surface area contributed by atoms with E-state index in [0.717, 1.165) is 57.7 Å². The van der Waals surface area contributed by atoms with Crippen LogP contribution in [0.5, 0.6) is 0 Å². The van der Waals surface area contributed by atoms with Gasteiger partial charge in [-0.3, -0.25) is 4.79 Å². The molecule has 4 heterocycles. The molecule has 1 aliphatic rings. The van der Waals surface area contributed by atoms with Crippen LogP contribution >= 0.6 is 22.7 Å². The van der Waals surface area contributed by atoms with Crippen LogP contribution in [0, 0.1) is 12.7 Å². The molecule has 6 nitrogen and oxygen atoms in total. The van der Waals surface area contributed by atoms with E-state index in [1.165, 1.54) is 23.5 Å². The number of halogens is 1. The predicted molar refractivity (Wildman–Crippen MR) is 118 cm³/mol. The van der Waals surface area contributed by atoms with Crippen LogP contribution in [-0.2, 0) is 0 Å². The van der Waals surface area contributed by atoms with Gasteiger partial charge in [0.25, 0.3) is 5.91 Å². The number of amides is 1. The highest BCUT2D eigenvalue weighted by atomic mass is 32.1. The summed E-state index contributed by atoms with van der Waals surface area (Å²) in [6.07, 6.45) is 1.77. The molecule has 4 aromatic rings. The molecule has 0 spiro atoms. The van der Waals surface area contributed by atoms with Gasteiger partial charge >= 0.3 is 0 Å². The minimum Gasteiger partial charge on any atom is -0.348 e. The number of carbonyl (C=O) groups is 1. The minimum atomic E-state index is -0.271. The van der Waals surface area contributed by atoms with Gasteiger partial charge in [0, 0.05) is 19.1 Å². The molecule has 1 aromatic carbocycles. The van der Waals surface area contributed by atoms with Gasteiger partial charge in [0.1, 0.15) is 5.82 Å². The van der Waals surface area contributed by atoms with Crippen LogP contribution < -0.4 is 10.2 Å². The van der Waals surface area contributed by atoms with Gasteiger partial charge in [-0.05, 0) is 55.5 Å². The van der Waals surface area contributed by atoms with Gasteiger partial charge < -0.3 is 10.2 Å². The van der Waals surface area contributed by atoms with Crippen molar-refractivity contribution >= 4 is 44.1 Å². The van der Waals surface area contributed by atoms with Crippen molar-refractivity contribution < 1.29 is 9.18 Å². The number of benzene rings is 1. The Morgan fingerprint density at radius 1 is 1.20 bits per heavy atom. The zero-order valence-corrected chi connectivity index (χ0v) is 18.0. The number of carbonyl (C=O) groups excluding carboxylic acids is 1.